The van der Waals surface area contributed by atoms with Crippen LogP contribution in [-0.4, -0.2) is 30.3 Å². The number of rotatable bonds is 5. The van der Waals surface area contributed by atoms with E-state index >= 15 is 0 Å². The van der Waals surface area contributed by atoms with Gasteiger partial charge in [-0.25, -0.2) is 0 Å². The number of alkyl halides is 3. The Hall–Kier alpha value is -2.05. The average molecular weight is 302 g/mol. The van der Waals surface area contributed by atoms with Gasteiger partial charge in [-0.3, -0.25) is 9.59 Å². The molecule has 0 spiro atoms. The maximum absolute atomic E-state index is 12.6. The van der Waals surface area contributed by atoms with Gasteiger partial charge in [0.15, 0.2) is 0 Å². The molecule has 0 bridgehead atoms. The Morgan fingerprint density at radius 1 is 1.33 bits per heavy atom. The maximum atomic E-state index is 12.6. The van der Waals surface area contributed by atoms with E-state index in [1.807, 2.05) is 0 Å². The zero-order valence-electron chi connectivity index (χ0n) is 11.8. The minimum atomic E-state index is -4.41. The quantitative estimate of drug-likeness (QED) is 0.902. The van der Waals surface area contributed by atoms with Crippen LogP contribution in [0.25, 0.3) is 0 Å². The molecule has 0 fully saturated rings. The normalized spacial score (nSPS) is 12.8. The zero-order valence-corrected chi connectivity index (χ0v) is 11.8. The molecule has 116 valence electrons. The Morgan fingerprint density at radius 2 is 1.95 bits per heavy atom. The van der Waals surface area contributed by atoms with Gasteiger partial charge in [0.25, 0.3) is 0 Å². The monoisotopic (exact) mass is 302 g/mol. The summed E-state index contributed by atoms with van der Waals surface area (Å²) in [5.74, 6) is -1.53. The number of primary amides is 1. The standard InChI is InChI=1S/C14H17F3N2O2/c1-9(13(21)19(2)8-12(18)20)6-10-4-3-5-11(7-10)14(15,16)17/h3-5,7,9H,6,8H2,1-2H3,(H2,18,20)/t9-/m0/s1. The smallest absolute Gasteiger partial charge is 0.368 e. The van der Waals surface area contributed by atoms with Crippen molar-refractivity contribution in [1.29, 1.82) is 0 Å². The van der Waals surface area contributed by atoms with Crippen molar-refractivity contribution in [3.05, 3.63) is 35.4 Å². The highest BCUT2D eigenvalue weighted by atomic mass is 19.4. The molecule has 1 aromatic rings. The number of hydrogen-bond acceptors (Lipinski definition) is 2. The fraction of sp³-hybridized carbons (Fsp3) is 0.429. The van der Waals surface area contributed by atoms with Crippen molar-refractivity contribution in [2.24, 2.45) is 11.7 Å². The molecule has 0 aromatic heterocycles. The summed E-state index contributed by atoms with van der Waals surface area (Å²) in [6.07, 6.45) is -4.25. The lowest BCUT2D eigenvalue weighted by Crippen LogP contribution is -2.38. The number of nitrogens with two attached hydrogens (primary N) is 1. The Kier molecular flexibility index (Phi) is 5.34. The molecule has 7 heteroatoms. The van der Waals surface area contributed by atoms with Gasteiger partial charge in [-0.15, -0.1) is 0 Å². The van der Waals surface area contributed by atoms with E-state index in [-0.39, 0.29) is 18.9 Å². The molecule has 0 aliphatic rings. The first kappa shape index (κ1) is 17.0. The number of amides is 2. The number of hydrogen-bond donors (Lipinski definition) is 1. The molecule has 1 atom stereocenters. The molecule has 4 nitrogen and oxygen atoms in total. The van der Waals surface area contributed by atoms with Gasteiger partial charge in [-0.05, 0) is 18.1 Å². The van der Waals surface area contributed by atoms with E-state index in [1.54, 1.807) is 6.92 Å². The lowest BCUT2D eigenvalue weighted by atomic mass is 9.98. The SMILES string of the molecule is C[C@@H](Cc1cccc(C(F)(F)F)c1)C(=O)N(C)CC(N)=O. The van der Waals surface area contributed by atoms with Crippen LogP contribution in [0.2, 0.25) is 0 Å². The van der Waals surface area contributed by atoms with Crippen LogP contribution in [0.5, 0.6) is 0 Å². The molecular weight excluding hydrogens is 285 g/mol. The highest BCUT2D eigenvalue weighted by Crippen LogP contribution is 2.30. The van der Waals surface area contributed by atoms with E-state index < -0.39 is 23.6 Å². The van der Waals surface area contributed by atoms with E-state index in [0.29, 0.717) is 5.56 Å². The second-order valence-electron chi connectivity index (χ2n) is 4.96. The molecule has 2 amide bonds. The van der Waals surface area contributed by atoms with Gasteiger partial charge in [-0.2, -0.15) is 13.2 Å². The van der Waals surface area contributed by atoms with Crippen LogP contribution in [0, 0.1) is 5.92 Å². The van der Waals surface area contributed by atoms with Crippen molar-refractivity contribution >= 4 is 11.8 Å². The Balaban J connectivity index is 2.77. The van der Waals surface area contributed by atoms with Crippen LogP contribution < -0.4 is 5.73 Å². The molecule has 0 aliphatic heterocycles. The van der Waals surface area contributed by atoms with Gasteiger partial charge in [0.2, 0.25) is 11.8 Å². The average Bonchev–Trinajstić information content (AvgIpc) is 2.36. The Morgan fingerprint density at radius 3 is 2.48 bits per heavy atom. The van der Waals surface area contributed by atoms with Gasteiger partial charge in [0.05, 0.1) is 12.1 Å². The molecule has 0 saturated carbocycles. The third kappa shape index (κ3) is 5.09. The predicted molar refractivity (Wildman–Crippen MR) is 71.1 cm³/mol. The van der Waals surface area contributed by atoms with Crippen molar-refractivity contribution in [2.45, 2.75) is 19.5 Å². The Bertz CT molecular complexity index is 529. The first-order chi connectivity index (χ1) is 9.61. The van der Waals surface area contributed by atoms with Crippen LogP contribution in [0.1, 0.15) is 18.1 Å². The van der Waals surface area contributed by atoms with Gasteiger partial charge < -0.3 is 10.6 Å². The van der Waals surface area contributed by atoms with Gasteiger partial charge in [-0.1, -0.05) is 25.1 Å². The van der Waals surface area contributed by atoms with Gasteiger partial charge >= 0.3 is 6.18 Å². The molecule has 0 aliphatic carbocycles. The third-order valence-corrected chi connectivity index (χ3v) is 2.99. The molecule has 0 unspecified atom stereocenters. The second-order valence-corrected chi connectivity index (χ2v) is 4.96. The van der Waals surface area contributed by atoms with Crippen molar-refractivity contribution in [2.75, 3.05) is 13.6 Å². The van der Waals surface area contributed by atoms with Crippen LogP contribution in [0.4, 0.5) is 13.2 Å². The van der Waals surface area contributed by atoms with E-state index in [0.717, 1.165) is 12.1 Å². The lowest BCUT2D eigenvalue weighted by Gasteiger charge is -2.20. The summed E-state index contributed by atoms with van der Waals surface area (Å²) >= 11 is 0. The third-order valence-electron chi connectivity index (χ3n) is 2.99. The molecule has 1 aromatic carbocycles. The van der Waals surface area contributed by atoms with Gasteiger partial charge in [0.1, 0.15) is 0 Å². The summed E-state index contributed by atoms with van der Waals surface area (Å²) in [6, 6.07) is 4.85. The van der Waals surface area contributed by atoms with Crippen LogP contribution in [0.15, 0.2) is 24.3 Å². The fourth-order valence-corrected chi connectivity index (χ4v) is 2.00. The first-order valence-corrected chi connectivity index (χ1v) is 6.30. The van der Waals surface area contributed by atoms with E-state index in [4.69, 9.17) is 5.73 Å². The minimum Gasteiger partial charge on any atom is -0.368 e. The molecule has 0 saturated heterocycles. The van der Waals surface area contributed by atoms with Crippen LogP contribution in [0.3, 0.4) is 0 Å². The topological polar surface area (TPSA) is 63.4 Å². The number of carbonyl (C=O) groups excluding carboxylic acids is 2. The summed E-state index contributed by atoms with van der Waals surface area (Å²) < 4.78 is 37.8. The minimum absolute atomic E-state index is 0.159. The number of likely N-dealkylation sites (N-methyl/N-ethyl adjacent to an activating group) is 1. The lowest BCUT2D eigenvalue weighted by molar-refractivity contribution is -0.137. The van der Waals surface area contributed by atoms with Crippen molar-refractivity contribution in [3.63, 3.8) is 0 Å². The zero-order chi connectivity index (χ0) is 16.2. The van der Waals surface area contributed by atoms with Crippen LogP contribution in [-0.2, 0) is 22.2 Å². The molecular formula is C14H17F3N2O2. The van der Waals surface area contributed by atoms with E-state index in [1.165, 1.54) is 24.1 Å². The molecule has 21 heavy (non-hydrogen) atoms. The number of benzene rings is 1. The molecule has 0 heterocycles. The predicted octanol–water partition coefficient (Wildman–Crippen LogP) is 1.83. The maximum Gasteiger partial charge on any atom is 0.416 e. The van der Waals surface area contributed by atoms with Crippen molar-refractivity contribution < 1.29 is 22.8 Å². The van der Waals surface area contributed by atoms with E-state index in [2.05, 4.69) is 0 Å². The van der Waals surface area contributed by atoms with E-state index in [9.17, 15) is 22.8 Å². The van der Waals surface area contributed by atoms with Gasteiger partial charge in [0, 0.05) is 13.0 Å². The molecule has 0 radical (unpaired) electrons. The highest BCUT2D eigenvalue weighted by Gasteiger charge is 2.30. The Labute approximate surface area is 120 Å². The summed E-state index contributed by atoms with van der Waals surface area (Å²) in [7, 11) is 1.43. The second kappa shape index (κ2) is 6.60. The first-order valence-electron chi connectivity index (χ1n) is 6.30. The van der Waals surface area contributed by atoms with Crippen molar-refractivity contribution in [3.8, 4) is 0 Å². The summed E-state index contributed by atoms with van der Waals surface area (Å²) in [5.41, 5.74) is 4.66. The van der Waals surface area contributed by atoms with Crippen molar-refractivity contribution in [1.82, 2.24) is 4.90 Å². The summed E-state index contributed by atoms with van der Waals surface area (Å²) in [4.78, 5) is 23.9. The largest absolute Gasteiger partial charge is 0.416 e. The van der Waals surface area contributed by atoms with Crippen LogP contribution >= 0.6 is 0 Å². The number of halogens is 3. The number of carbonyl (C=O) groups is 2. The summed E-state index contributed by atoms with van der Waals surface area (Å²) in [6.45, 7) is 1.38. The summed E-state index contributed by atoms with van der Waals surface area (Å²) in [5, 5.41) is 0. The molecule has 2 N–H and O–H groups in total. The number of nitrogens with zero attached hydrogens (tertiary/aromatic N) is 1. The highest BCUT2D eigenvalue weighted by molar-refractivity contribution is 5.84. The molecule has 1 rings (SSSR count). The fourth-order valence-electron chi connectivity index (χ4n) is 2.00.